The molecule has 0 aliphatic carbocycles. The van der Waals surface area contributed by atoms with Gasteiger partial charge in [-0.2, -0.15) is 0 Å². The number of hydrogen-bond acceptors (Lipinski definition) is 3. The zero-order chi connectivity index (χ0) is 18.7. The monoisotopic (exact) mass is 354 g/mol. The lowest BCUT2D eigenvalue weighted by molar-refractivity contribution is -0.123. The van der Waals surface area contributed by atoms with Crippen molar-refractivity contribution in [2.75, 3.05) is 13.1 Å². The average molecular weight is 354 g/mol. The number of carbonyl (C=O) groups excluding carboxylic acids is 3. The number of carbonyl (C=O) groups is 3. The predicted octanol–water partition coefficient (Wildman–Crippen LogP) is 2.39. The molecule has 2 aromatic rings. The van der Waals surface area contributed by atoms with E-state index in [9.17, 15) is 18.8 Å². The number of nitrogens with zero attached hydrogens (tertiary/aromatic N) is 1. The van der Waals surface area contributed by atoms with Crippen LogP contribution in [-0.4, -0.2) is 35.6 Å². The minimum Gasteiger partial charge on any atom is -0.369 e. The van der Waals surface area contributed by atoms with Crippen LogP contribution >= 0.6 is 0 Å². The molecule has 26 heavy (non-hydrogen) atoms. The highest BCUT2D eigenvalue weighted by atomic mass is 19.1. The fourth-order valence-corrected chi connectivity index (χ4v) is 3.19. The normalized spacial score (nSPS) is 17.0. The number of nitrogens with two attached hydrogens (primary N) is 1. The Bertz CT molecular complexity index is 848. The van der Waals surface area contributed by atoms with E-state index in [1.54, 1.807) is 29.2 Å². The summed E-state index contributed by atoms with van der Waals surface area (Å²) in [5, 5.41) is 0. The Hall–Kier alpha value is -3.02. The van der Waals surface area contributed by atoms with Crippen LogP contribution in [0.4, 0.5) is 4.39 Å². The van der Waals surface area contributed by atoms with Crippen molar-refractivity contribution in [3.05, 3.63) is 71.0 Å². The summed E-state index contributed by atoms with van der Waals surface area (Å²) in [6, 6.07) is 11.7. The van der Waals surface area contributed by atoms with Gasteiger partial charge in [0, 0.05) is 24.2 Å². The first-order chi connectivity index (χ1) is 12.5. The van der Waals surface area contributed by atoms with E-state index in [1.165, 1.54) is 24.3 Å². The number of amides is 2. The van der Waals surface area contributed by atoms with Crippen LogP contribution in [0.1, 0.15) is 39.1 Å². The molecule has 2 amide bonds. The van der Waals surface area contributed by atoms with Crippen molar-refractivity contribution in [1.82, 2.24) is 4.90 Å². The van der Waals surface area contributed by atoms with Crippen molar-refractivity contribution in [2.45, 2.75) is 12.8 Å². The number of piperidine rings is 1. The topological polar surface area (TPSA) is 80.5 Å². The van der Waals surface area contributed by atoms with Crippen molar-refractivity contribution in [1.29, 1.82) is 0 Å². The molecule has 3 rings (SSSR count). The molecular weight excluding hydrogens is 335 g/mol. The summed E-state index contributed by atoms with van der Waals surface area (Å²) in [6.07, 6.45) is 1.35. The van der Waals surface area contributed by atoms with Gasteiger partial charge in [-0.3, -0.25) is 14.4 Å². The lowest BCUT2D eigenvalue weighted by Crippen LogP contribution is -2.44. The van der Waals surface area contributed by atoms with E-state index in [4.69, 9.17) is 5.73 Å². The second-order valence-corrected chi connectivity index (χ2v) is 6.37. The van der Waals surface area contributed by atoms with E-state index in [2.05, 4.69) is 0 Å². The summed E-state index contributed by atoms with van der Waals surface area (Å²) in [4.78, 5) is 38.7. The highest BCUT2D eigenvalue weighted by molar-refractivity contribution is 6.15. The Labute approximate surface area is 150 Å². The number of rotatable bonds is 4. The van der Waals surface area contributed by atoms with Gasteiger partial charge in [0.2, 0.25) is 5.91 Å². The van der Waals surface area contributed by atoms with Crippen molar-refractivity contribution < 1.29 is 18.8 Å². The molecule has 1 heterocycles. The number of benzene rings is 2. The van der Waals surface area contributed by atoms with Gasteiger partial charge in [0.25, 0.3) is 5.91 Å². The van der Waals surface area contributed by atoms with Crippen LogP contribution in [-0.2, 0) is 4.79 Å². The van der Waals surface area contributed by atoms with Crippen LogP contribution in [0.3, 0.4) is 0 Å². The Morgan fingerprint density at radius 1 is 1.00 bits per heavy atom. The number of ketones is 1. The van der Waals surface area contributed by atoms with Crippen LogP contribution in [0.5, 0.6) is 0 Å². The van der Waals surface area contributed by atoms with Crippen LogP contribution in [0.15, 0.2) is 48.5 Å². The Morgan fingerprint density at radius 2 is 1.65 bits per heavy atom. The summed E-state index contributed by atoms with van der Waals surface area (Å²) >= 11 is 0. The zero-order valence-electron chi connectivity index (χ0n) is 14.2. The van der Waals surface area contributed by atoms with Crippen LogP contribution in [0.25, 0.3) is 0 Å². The van der Waals surface area contributed by atoms with E-state index in [0.29, 0.717) is 24.9 Å². The van der Waals surface area contributed by atoms with Crippen LogP contribution in [0, 0.1) is 11.7 Å². The third-order valence-electron chi connectivity index (χ3n) is 4.62. The van der Waals surface area contributed by atoms with Crippen molar-refractivity contribution in [3.8, 4) is 0 Å². The summed E-state index contributed by atoms with van der Waals surface area (Å²) in [5.74, 6) is -1.87. The van der Waals surface area contributed by atoms with Crippen molar-refractivity contribution in [3.63, 3.8) is 0 Å². The number of hydrogen-bond donors (Lipinski definition) is 1. The first-order valence-electron chi connectivity index (χ1n) is 8.45. The molecule has 1 aliphatic heterocycles. The molecule has 0 bridgehead atoms. The Morgan fingerprint density at radius 3 is 2.31 bits per heavy atom. The molecule has 1 aliphatic rings. The predicted molar refractivity (Wildman–Crippen MR) is 94.1 cm³/mol. The van der Waals surface area contributed by atoms with Gasteiger partial charge < -0.3 is 10.6 Å². The van der Waals surface area contributed by atoms with Crippen LogP contribution < -0.4 is 5.73 Å². The molecular formula is C20H19FN2O3. The fourth-order valence-electron chi connectivity index (χ4n) is 3.19. The number of halogens is 1. The molecule has 1 unspecified atom stereocenters. The maximum absolute atomic E-state index is 13.1. The maximum atomic E-state index is 13.1. The van der Waals surface area contributed by atoms with Gasteiger partial charge in [-0.25, -0.2) is 4.39 Å². The molecule has 5 nitrogen and oxygen atoms in total. The van der Waals surface area contributed by atoms with Gasteiger partial charge in [0.1, 0.15) is 5.82 Å². The Balaban J connectivity index is 1.89. The third-order valence-corrected chi connectivity index (χ3v) is 4.62. The summed E-state index contributed by atoms with van der Waals surface area (Å²) in [5.41, 5.74) is 6.20. The van der Waals surface area contributed by atoms with E-state index in [0.717, 1.165) is 0 Å². The first-order valence-corrected chi connectivity index (χ1v) is 8.45. The average Bonchev–Trinajstić information content (AvgIpc) is 2.67. The van der Waals surface area contributed by atoms with Gasteiger partial charge in [0.15, 0.2) is 5.78 Å². The van der Waals surface area contributed by atoms with E-state index in [1.807, 2.05) is 0 Å². The molecule has 0 aromatic heterocycles. The van der Waals surface area contributed by atoms with Crippen molar-refractivity contribution >= 4 is 17.6 Å². The standard InChI is InChI=1S/C20H19FN2O3/c21-15-9-7-13(8-10-15)18(24)16-5-1-2-6-17(16)20(26)23-11-3-4-14(12-23)19(22)25/h1-2,5-10,14H,3-4,11-12H2,(H2,22,25). The quantitative estimate of drug-likeness (QED) is 0.856. The molecule has 0 radical (unpaired) electrons. The summed E-state index contributed by atoms with van der Waals surface area (Å²) in [6.45, 7) is 0.773. The maximum Gasteiger partial charge on any atom is 0.254 e. The van der Waals surface area contributed by atoms with Gasteiger partial charge >= 0.3 is 0 Å². The smallest absolute Gasteiger partial charge is 0.254 e. The van der Waals surface area contributed by atoms with Gasteiger partial charge in [-0.1, -0.05) is 18.2 Å². The first kappa shape index (κ1) is 17.8. The minimum absolute atomic E-state index is 0.255. The molecule has 6 heteroatoms. The SMILES string of the molecule is NC(=O)C1CCCN(C(=O)c2ccccc2C(=O)c2ccc(F)cc2)C1. The summed E-state index contributed by atoms with van der Waals surface area (Å²) < 4.78 is 13.1. The largest absolute Gasteiger partial charge is 0.369 e. The zero-order valence-corrected chi connectivity index (χ0v) is 14.2. The highest BCUT2D eigenvalue weighted by Gasteiger charge is 2.29. The Kier molecular flexibility index (Phi) is 5.11. The molecule has 0 saturated carbocycles. The third kappa shape index (κ3) is 3.64. The van der Waals surface area contributed by atoms with E-state index < -0.39 is 11.7 Å². The molecule has 1 saturated heterocycles. The lowest BCUT2D eigenvalue weighted by atomic mass is 9.94. The minimum atomic E-state index is -0.434. The molecule has 1 fully saturated rings. The fraction of sp³-hybridized carbons (Fsp3) is 0.250. The molecule has 2 aromatic carbocycles. The molecule has 0 spiro atoms. The number of primary amides is 1. The van der Waals surface area contributed by atoms with E-state index in [-0.39, 0.29) is 35.3 Å². The van der Waals surface area contributed by atoms with Gasteiger partial charge in [-0.15, -0.1) is 0 Å². The summed E-state index contributed by atoms with van der Waals surface area (Å²) in [7, 11) is 0. The second kappa shape index (κ2) is 7.47. The molecule has 1 atom stereocenters. The van der Waals surface area contributed by atoms with Crippen LogP contribution in [0.2, 0.25) is 0 Å². The van der Waals surface area contributed by atoms with Gasteiger partial charge in [-0.05, 0) is 43.2 Å². The van der Waals surface area contributed by atoms with Gasteiger partial charge in [0.05, 0.1) is 11.5 Å². The molecule has 2 N–H and O–H groups in total. The second-order valence-electron chi connectivity index (χ2n) is 6.37. The highest BCUT2D eigenvalue weighted by Crippen LogP contribution is 2.21. The lowest BCUT2D eigenvalue weighted by Gasteiger charge is -2.31. The number of likely N-dealkylation sites (tertiary alicyclic amines) is 1. The van der Waals surface area contributed by atoms with E-state index >= 15 is 0 Å². The van der Waals surface area contributed by atoms with Crippen molar-refractivity contribution in [2.24, 2.45) is 11.7 Å². The molecule has 134 valence electrons.